The van der Waals surface area contributed by atoms with Gasteiger partial charge in [-0.3, -0.25) is 4.18 Å². The number of rotatable bonds is 7. The molecule has 0 saturated heterocycles. The lowest BCUT2D eigenvalue weighted by Crippen LogP contribution is -2.07. The Labute approximate surface area is 110 Å². The molecule has 0 N–H and O–H groups in total. The highest BCUT2D eigenvalue weighted by molar-refractivity contribution is 7.86. The van der Waals surface area contributed by atoms with Crippen LogP contribution in [0.2, 0.25) is 0 Å². The van der Waals surface area contributed by atoms with E-state index in [9.17, 15) is 8.42 Å². The summed E-state index contributed by atoms with van der Waals surface area (Å²) in [6.07, 6.45) is 2.71. The maximum atomic E-state index is 11.8. The summed E-state index contributed by atoms with van der Waals surface area (Å²) < 4.78 is 28.6. The molecule has 18 heavy (non-hydrogen) atoms. The normalized spacial score (nSPS) is 13.5. The zero-order chi connectivity index (χ0) is 13.6. The SMILES string of the molecule is CCCCOS(=O)(=O)c1ccc(C(C)CC)cc1. The highest BCUT2D eigenvalue weighted by Crippen LogP contribution is 2.21. The van der Waals surface area contributed by atoms with Crippen molar-refractivity contribution in [2.45, 2.75) is 50.8 Å². The predicted octanol–water partition coefficient (Wildman–Crippen LogP) is 3.71. The molecule has 0 amide bonds. The monoisotopic (exact) mass is 270 g/mol. The Morgan fingerprint density at radius 3 is 2.28 bits per heavy atom. The van der Waals surface area contributed by atoms with Gasteiger partial charge >= 0.3 is 0 Å². The molecule has 0 aliphatic heterocycles. The molecule has 1 aromatic rings. The van der Waals surface area contributed by atoms with Gasteiger partial charge in [0.05, 0.1) is 11.5 Å². The first-order valence-electron chi connectivity index (χ1n) is 6.50. The minimum atomic E-state index is -3.58. The highest BCUT2D eigenvalue weighted by atomic mass is 32.2. The fourth-order valence-electron chi connectivity index (χ4n) is 1.58. The average molecular weight is 270 g/mol. The van der Waals surface area contributed by atoms with Gasteiger partial charge in [-0.15, -0.1) is 0 Å². The van der Waals surface area contributed by atoms with Gasteiger partial charge in [0.15, 0.2) is 0 Å². The standard InChI is InChI=1S/C14H22O3S/c1-4-6-11-17-18(15,16)14-9-7-13(8-10-14)12(3)5-2/h7-10,12H,4-6,11H2,1-3H3. The van der Waals surface area contributed by atoms with Gasteiger partial charge in [0.1, 0.15) is 0 Å². The first-order valence-corrected chi connectivity index (χ1v) is 7.91. The van der Waals surface area contributed by atoms with Crippen molar-refractivity contribution in [3.8, 4) is 0 Å². The topological polar surface area (TPSA) is 43.4 Å². The lowest BCUT2D eigenvalue weighted by Gasteiger charge is -2.10. The van der Waals surface area contributed by atoms with Gasteiger partial charge in [-0.25, -0.2) is 0 Å². The second kappa shape index (κ2) is 6.90. The van der Waals surface area contributed by atoms with Crippen molar-refractivity contribution in [2.24, 2.45) is 0 Å². The first kappa shape index (κ1) is 15.2. The Morgan fingerprint density at radius 1 is 1.17 bits per heavy atom. The molecule has 0 heterocycles. The number of hydrogen-bond donors (Lipinski definition) is 0. The Bertz CT molecular complexity index is 448. The van der Waals surface area contributed by atoms with Gasteiger partial charge in [0, 0.05) is 0 Å². The summed E-state index contributed by atoms with van der Waals surface area (Å²) in [6, 6.07) is 6.99. The van der Waals surface area contributed by atoms with Gasteiger partial charge in [-0.2, -0.15) is 8.42 Å². The van der Waals surface area contributed by atoms with Crippen LogP contribution in [0.5, 0.6) is 0 Å². The van der Waals surface area contributed by atoms with Crippen LogP contribution >= 0.6 is 0 Å². The molecule has 4 heteroatoms. The maximum absolute atomic E-state index is 11.8. The fraction of sp³-hybridized carbons (Fsp3) is 0.571. The molecule has 1 atom stereocenters. The van der Waals surface area contributed by atoms with E-state index in [1.807, 2.05) is 19.1 Å². The quantitative estimate of drug-likeness (QED) is 0.560. The molecule has 0 fully saturated rings. The van der Waals surface area contributed by atoms with Crippen LogP contribution < -0.4 is 0 Å². The van der Waals surface area contributed by atoms with E-state index in [2.05, 4.69) is 13.8 Å². The second-order valence-corrected chi connectivity index (χ2v) is 6.12. The van der Waals surface area contributed by atoms with Crippen LogP contribution in [0.15, 0.2) is 29.2 Å². The molecular weight excluding hydrogens is 248 g/mol. The molecule has 3 nitrogen and oxygen atoms in total. The van der Waals surface area contributed by atoms with Crippen LogP contribution in [-0.4, -0.2) is 15.0 Å². The Balaban J connectivity index is 2.78. The van der Waals surface area contributed by atoms with E-state index >= 15 is 0 Å². The van der Waals surface area contributed by atoms with Gasteiger partial charge in [-0.1, -0.05) is 39.3 Å². The van der Waals surface area contributed by atoms with Crippen LogP contribution in [0.25, 0.3) is 0 Å². The molecule has 0 aliphatic rings. The summed E-state index contributed by atoms with van der Waals surface area (Å²) in [7, 11) is -3.58. The van der Waals surface area contributed by atoms with E-state index in [4.69, 9.17) is 4.18 Å². The molecule has 0 aliphatic carbocycles. The van der Waals surface area contributed by atoms with Gasteiger partial charge in [0.2, 0.25) is 0 Å². The van der Waals surface area contributed by atoms with Crippen LogP contribution in [0.1, 0.15) is 51.5 Å². The number of benzene rings is 1. The molecule has 0 saturated carbocycles. The first-order chi connectivity index (χ1) is 8.51. The van der Waals surface area contributed by atoms with Gasteiger partial charge < -0.3 is 0 Å². The van der Waals surface area contributed by atoms with Crippen molar-refractivity contribution >= 4 is 10.1 Å². The van der Waals surface area contributed by atoms with Gasteiger partial charge in [-0.05, 0) is 36.5 Å². The average Bonchev–Trinajstić information content (AvgIpc) is 2.38. The zero-order valence-electron chi connectivity index (χ0n) is 11.3. The molecular formula is C14H22O3S. The molecule has 0 bridgehead atoms. The van der Waals surface area contributed by atoms with Crippen LogP contribution in [0.3, 0.4) is 0 Å². The molecule has 1 unspecified atom stereocenters. The Hall–Kier alpha value is -0.870. The molecule has 1 aromatic carbocycles. The summed E-state index contributed by atoms with van der Waals surface area (Å²) in [5.74, 6) is 0.447. The van der Waals surface area contributed by atoms with Crippen LogP contribution in [0.4, 0.5) is 0 Å². The van der Waals surface area contributed by atoms with Crippen molar-refractivity contribution in [3.63, 3.8) is 0 Å². The molecule has 0 spiro atoms. The highest BCUT2D eigenvalue weighted by Gasteiger charge is 2.15. The van der Waals surface area contributed by atoms with E-state index in [-0.39, 0.29) is 11.5 Å². The molecule has 0 radical (unpaired) electrons. The Kier molecular flexibility index (Phi) is 5.82. The molecule has 1 rings (SSSR count). The predicted molar refractivity (Wildman–Crippen MR) is 73.2 cm³/mol. The van der Waals surface area contributed by atoms with Crippen LogP contribution in [0, 0.1) is 0 Å². The number of unbranched alkanes of at least 4 members (excludes halogenated alkanes) is 1. The summed E-state index contributed by atoms with van der Waals surface area (Å²) in [5, 5.41) is 0. The van der Waals surface area contributed by atoms with Crippen molar-refractivity contribution in [1.29, 1.82) is 0 Å². The minimum absolute atomic E-state index is 0.241. The summed E-state index contributed by atoms with van der Waals surface area (Å²) in [6.45, 7) is 6.49. The minimum Gasteiger partial charge on any atom is -0.266 e. The van der Waals surface area contributed by atoms with Crippen molar-refractivity contribution in [1.82, 2.24) is 0 Å². The van der Waals surface area contributed by atoms with E-state index in [1.165, 1.54) is 0 Å². The lowest BCUT2D eigenvalue weighted by molar-refractivity contribution is 0.311. The third-order valence-corrected chi connectivity index (χ3v) is 4.41. The number of hydrogen-bond acceptors (Lipinski definition) is 3. The van der Waals surface area contributed by atoms with E-state index in [0.29, 0.717) is 5.92 Å². The van der Waals surface area contributed by atoms with Gasteiger partial charge in [0.25, 0.3) is 10.1 Å². The third kappa shape index (κ3) is 4.10. The van der Waals surface area contributed by atoms with E-state index < -0.39 is 10.1 Å². The Morgan fingerprint density at radius 2 is 1.78 bits per heavy atom. The van der Waals surface area contributed by atoms with Crippen molar-refractivity contribution in [3.05, 3.63) is 29.8 Å². The molecule has 0 aromatic heterocycles. The second-order valence-electron chi connectivity index (χ2n) is 4.51. The van der Waals surface area contributed by atoms with E-state index in [0.717, 1.165) is 24.8 Å². The van der Waals surface area contributed by atoms with Crippen LogP contribution in [-0.2, 0) is 14.3 Å². The molecule has 102 valence electrons. The fourth-order valence-corrected chi connectivity index (χ4v) is 2.52. The third-order valence-electron chi connectivity index (χ3n) is 3.09. The maximum Gasteiger partial charge on any atom is 0.296 e. The summed E-state index contributed by atoms with van der Waals surface area (Å²) in [4.78, 5) is 0.241. The van der Waals surface area contributed by atoms with E-state index in [1.54, 1.807) is 12.1 Å². The summed E-state index contributed by atoms with van der Waals surface area (Å²) >= 11 is 0. The largest absolute Gasteiger partial charge is 0.296 e. The lowest BCUT2D eigenvalue weighted by atomic mass is 9.99. The smallest absolute Gasteiger partial charge is 0.266 e. The van der Waals surface area contributed by atoms with Crippen molar-refractivity contribution < 1.29 is 12.6 Å². The zero-order valence-corrected chi connectivity index (χ0v) is 12.2. The summed E-state index contributed by atoms with van der Waals surface area (Å²) in [5.41, 5.74) is 1.16. The van der Waals surface area contributed by atoms with Crippen molar-refractivity contribution in [2.75, 3.05) is 6.61 Å².